The summed E-state index contributed by atoms with van der Waals surface area (Å²) in [5.74, 6) is 0.0541. The highest BCUT2D eigenvalue weighted by molar-refractivity contribution is 5.78. The Morgan fingerprint density at radius 2 is 2.17 bits per heavy atom. The van der Waals surface area contributed by atoms with Gasteiger partial charge < -0.3 is 15.3 Å². The molecule has 0 fully saturated rings. The highest BCUT2D eigenvalue weighted by Crippen LogP contribution is 1.92. The van der Waals surface area contributed by atoms with Gasteiger partial charge in [0.15, 0.2) is 0 Å². The van der Waals surface area contributed by atoms with Gasteiger partial charge in [-0.1, -0.05) is 0 Å². The Kier molecular flexibility index (Phi) is 5.66. The highest BCUT2D eigenvalue weighted by atomic mass is 16.3. The van der Waals surface area contributed by atoms with Crippen molar-refractivity contribution in [2.24, 2.45) is 0 Å². The lowest BCUT2D eigenvalue weighted by Gasteiger charge is -2.21. The first-order valence-corrected chi connectivity index (χ1v) is 4.16. The molecule has 0 rings (SSSR count). The van der Waals surface area contributed by atoms with Crippen molar-refractivity contribution in [2.45, 2.75) is 19.9 Å². The molecule has 4 nitrogen and oxygen atoms in total. The molecule has 0 bridgehead atoms. The number of carbonyl (C=O) groups excluding carboxylic acids is 1. The second kappa shape index (κ2) is 5.97. The predicted molar refractivity (Wildman–Crippen MR) is 47.9 cm³/mol. The molecule has 0 unspecified atom stereocenters. The van der Waals surface area contributed by atoms with Crippen LogP contribution >= 0.6 is 0 Å². The molecule has 0 spiro atoms. The zero-order valence-corrected chi connectivity index (χ0v) is 8.00. The second-order valence-electron chi connectivity index (χ2n) is 3.00. The molecular formula is C8H18N2O2. The maximum atomic E-state index is 11.2. The summed E-state index contributed by atoms with van der Waals surface area (Å²) in [6, 6.07) is 0.230. The fraction of sp³-hybridized carbons (Fsp3) is 0.875. The molecule has 0 aromatic carbocycles. The lowest BCUT2D eigenvalue weighted by atomic mass is 10.3. The SMILES string of the molecule is CC(C)N(C)C(=O)CNCCO. The van der Waals surface area contributed by atoms with Gasteiger partial charge in [0.25, 0.3) is 0 Å². The normalized spacial score (nSPS) is 10.4. The minimum Gasteiger partial charge on any atom is -0.395 e. The van der Waals surface area contributed by atoms with Crippen LogP contribution in [0.5, 0.6) is 0 Å². The van der Waals surface area contributed by atoms with Crippen LogP contribution in [0.4, 0.5) is 0 Å². The van der Waals surface area contributed by atoms with Crippen LogP contribution in [0.3, 0.4) is 0 Å². The molecule has 72 valence electrons. The topological polar surface area (TPSA) is 52.6 Å². The molecule has 2 N–H and O–H groups in total. The fourth-order valence-corrected chi connectivity index (χ4v) is 0.687. The van der Waals surface area contributed by atoms with E-state index in [9.17, 15) is 4.79 Å². The van der Waals surface area contributed by atoms with Crippen LogP contribution in [0, 0.1) is 0 Å². The number of carbonyl (C=O) groups is 1. The summed E-state index contributed by atoms with van der Waals surface area (Å²) in [6.07, 6.45) is 0. The number of hydrogen-bond donors (Lipinski definition) is 2. The Morgan fingerprint density at radius 1 is 1.58 bits per heavy atom. The van der Waals surface area contributed by atoms with Crippen LogP contribution in [0.15, 0.2) is 0 Å². The summed E-state index contributed by atoms with van der Waals surface area (Å²) in [5, 5.41) is 11.3. The zero-order chi connectivity index (χ0) is 9.56. The van der Waals surface area contributed by atoms with Crippen LogP contribution in [0.2, 0.25) is 0 Å². The van der Waals surface area contributed by atoms with Crippen molar-refractivity contribution in [3.8, 4) is 0 Å². The van der Waals surface area contributed by atoms with Gasteiger partial charge >= 0.3 is 0 Å². The monoisotopic (exact) mass is 174 g/mol. The van der Waals surface area contributed by atoms with Crippen molar-refractivity contribution in [1.82, 2.24) is 10.2 Å². The number of likely N-dealkylation sites (N-methyl/N-ethyl adjacent to an activating group) is 1. The molecule has 0 radical (unpaired) electrons. The minimum atomic E-state index is 0.0541. The number of rotatable bonds is 5. The Morgan fingerprint density at radius 3 is 2.58 bits per heavy atom. The van der Waals surface area contributed by atoms with Gasteiger partial charge in [0.2, 0.25) is 5.91 Å². The molecule has 12 heavy (non-hydrogen) atoms. The molecule has 0 saturated carbocycles. The van der Waals surface area contributed by atoms with Crippen molar-refractivity contribution >= 4 is 5.91 Å². The van der Waals surface area contributed by atoms with E-state index in [1.165, 1.54) is 0 Å². The molecule has 0 heterocycles. The number of hydrogen-bond acceptors (Lipinski definition) is 3. The van der Waals surface area contributed by atoms with Crippen LogP contribution in [-0.4, -0.2) is 48.7 Å². The summed E-state index contributed by atoms with van der Waals surface area (Å²) in [5.41, 5.74) is 0. The van der Waals surface area contributed by atoms with E-state index >= 15 is 0 Å². The molecule has 0 aliphatic heterocycles. The molecule has 0 atom stereocenters. The van der Waals surface area contributed by atoms with Crippen LogP contribution in [-0.2, 0) is 4.79 Å². The predicted octanol–water partition coefficient (Wildman–Crippen LogP) is -0.565. The fourth-order valence-electron chi connectivity index (χ4n) is 0.687. The number of amides is 1. The highest BCUT2D eigenvalue weighted by Gasteiger charge is 2.09. The van der Waals surface area contributed by atoms with E-state index in [1.807, 2.05) is 13.8 Å². The molecule has 0 aromatic heterocycles. The first-order chi connectivity index (χ1) is 5.59. The van der Waals surface area contributed by atoms with Gasteiger partial charge in [-0.3, -0.25) is 4.79 Å². The molecule has 0 aliphatic rings. The van der Waals surface area contributed by atoms with Crippen LogP contribution in [0.1, 0.15) is 13.8 Å². The van der Waals surface area contributed by atoms with Gasteiger partial charge in [0.05, 0.1) is 13.2 Å². The van der Waals surface area contributed by atoms with E-state index in [1.54, 1.807) is 11.9 Å². The third-order valence-corrected chi connectivity index (χ3v) is 1.73. The maximum absolute atomic E-state index is 11.2. The average Bonchev–Trinajstić information content (AvgIpc) is 2.03. The van der Waals surface area contributed by atoms with Gasteiger partial charge in [0, 0.05) is 19.6 Å². The molecule has 0 saturated heterocycles. The Hall–Kier alpha value is -0.610. The molecule has 0 aliphatic carbocycles. The van der Waals surface area contributed by atoms with E-state index in [0.717, 1.165) is 0 Å². The minimum absolute atomic E-state index is 0.0541. The Bertz CT molecular complexity index is 137. The molecule has 0 aromatic rings. The van der Waals surface area contributed by atoms with Gasteiger partial charge in [-0.2, -0.15) is 0 Å². The molecular weight excluding hydrogens is 156 g/mol. The van der Waals surface area contributed by atoms with E-state index in [4.69, 9.17) is 5.11 Å². The van der Waals surface area contributed by atoms with E-state index < -0.39 is 0 Å². The van der Waals surface area contributed by atoms with E-state index in [0.29, 0.717) is 13.1 Å². The first-order valence-electron chi connectivity index (χ1n) is 4.16. The van der Waals surface area contributed by atoms with Gasteiger partial charge in [0.1, 0.15) is 0 Å². The van der Waals surface area contributed by atoms with Gasteiger partial charge in [-0.05, 0) is 13.8 Å². The summed E-state index contributed by atoms with van der Waals surface area (Å²) in [6.45, 7) is 4.76. The lowest BCUT2D eigenvalue weighted by Crippen LogP contribution is -2.40. The number of aliphatic hydroxyl groups excluding tert-OH is 1. The standard InChI is InChI=1S/C8H18N2O2/c1-7(2)10(3)8(12)6-9-4-5-11/h7,9,11H,4-6H2,1-3H3. The quantitative estimate of drug-likeness (QED) is 0.549. The van der Waals surface area contributed by atoms with Crippen molar-refractivity contribution in [3.63, 3.8) is 0 Å². The van der Waals surface area contributed by atoms with E-state index in [2.05, 4.69) is 5.32 Å². The Balaban J connectivity index is 3.57. The number of aliphatic hydroxyl groups is 1. The van der Waals surface area contributed by atoms with Crippen LogP contribution < -0.4 is 5.32 Å². The summed E-state index contributed by atoms with van der Waals surface area (Å²) in [7, 11) is 1.77. The van der Waals surface area contributed by atoms with Gasteiger partial charge in [-0.25, -0.2) is 0 Å². The number of nitrogens with one attached hydrogen (secondary N) is 1. The third kappa shape index (κ3) is 4.31. The molecule has 1 amide bonds. The van der Waals surface area contributed by atoms with Crippen molar-refractivity contribution in [2.75, 3.05) is 26.7 Å². The largest absolute Gasteiger partial charge is 0.395 e. The van der Waals surface area contributed by atoms with Gasteiger partial charge in [-0.15, -0.1) is 0 Å². The van der Waals surface area contributed by atoms with Crippen molar-refractivity contribution in [3.05, 3.63) is 0 Å². The van der Waals surface area contributed by atoms with Crippen molar-refractivity contribution in [1.29, 1.82) is 0 Å². The summed E-state index contributed by atoms with van der Waals surface area (Å²) < 4.78 is 0. The maximum Gasteiger partial charge on any atom is 0.236 e. The lowest BCUT2D eigenvalue weighted by molar-refractivity contribution is -0.130. The first kappa shape index (κ1) is 11.4. The Labute approximate surface area is 73.6 Å². The van der Waals surface area contributed by atoms with E-state index in [-0.39, 0.29) is 18.6 Å². The average molecular weight is 174 g/mol. The van der Waals surface area contributed by atoms with Crippen molar-refractivity contribution < 1.29 is 9.90 Å². The second-order valence-corrected chi connectivity index (χ2v) is 3.00. The smallest absolute Gasteiger partial charge is 0.236 e. The van der Waals surface area contributed by atoms with Crippen LogP contribution in [0.25, 0.3) is 0 Å². The third-order valence-electron chi connectivity index (χ3n) is 1.73. The summed E-state index contributed by atoms with van der Waals surface area (Å²) >= 11 is 0. The molecule has 4 heteroatoms. The zero-order valence-electron chi connectivity index (χ0n) is 8.00. The number of nitrogens with zero attached hydrogens (tertiary/aromatic N) is 1. The summed E-state index contributed by atoms with van der Waals surface area (Å²) in [4.78, 5) is 12.9.